The van der Waals surface area contributed by atoms with Crippen molar-refractivity contribution in [3.8, 4) is 11.4 Å². The highest BCUT2D eigenvalue weighted by Gasteiger charge is 2.23. The van der Waals surface area contributed by atoms with Crippen LogP contribution in [0.5, 0.6) is 0 Å². The molecule has 7 aromatic carbocycles. The fourth-order valence-corrected chi connectivity index (χ4v) is 6.96. The standard InChI is InChI=1S/C42H29N3/c1-4-17-31(18-5-1)43(38-26-14-16-30-15-10-11-23-35(30)38)34-27-28-37-40(29-34)45(33-21-8-3-9-22-33)42-41(37)36-24-12-13-25-39(36)44(42)32-19-6-2-7-20-32/h1-29H. The van der Waals surface area contributed by atoms with Crippen molar-refractivity contribution in [2.75, 3.05) is 4.90 Å². The molecule has 0 saturated heterocycles. The Morgan fingerprint density at radius 3 is 1.67 bits per heavy atom. The zero-order valence-corrected chi connectivity index (χ0v) is 24.6. The van der Waals surface area contributed by atoms with Gasteiger partial charge in [0.2, 0.25) is 0 Å². The molecule has 0 aliphatic rings. The Bertz CT molecular complexity index is 2470. The molecule has 0 aliphatic carbocycles. The summed E-state index contributed by atoms with van der Waals surface area (Å²) >= 11 is 0. The normalized spacial score (nSPS) is 11.6. The molecule has 2 aromatic heterocycles. The van der Waals surface area contributed by atoms with Crippen molar-refractivity contribution in [2.24, 2.45) is 0 Å². The van der Waals surface area contributed by atoms with Crippen LogP contribution in [0.1, 0.15) is 0 Å². The molecule has 0 saturated carbocycles. The first-order chi connectivity index (χ1) is 22.4. The van der Waals surface area contributed by atoms with Gasteiger partial charge in [-0.2, -0.15) is 0 Å². The molecule has 0 spiro atoms. The maximum absolute atomic E-state index is 2.44. The largest absolute Gasteiger partial charge is 0.310 e. The van der Waals surface area contributed by atoms with Gasteiger partial charge in [-0.1, -0.05) is 115 Å². The van der Waals surface area contributed by atoms with Crippen LogP contribution in [-0.4, -0.2) is 9.13 Å². The fraction of sp³-hybridized carbons (Fsp3) is 0. The predicted molar refractivity (Wildman–Crippen MR) is 190 cm³/mol. The van der Waals surface area contributed by atoms with Gasteiger partial charge in [-0.15, -0.1) is 0 Å². The number of anilines is 3. The molecular formula is C42H29N3. The van der Waals surface area contributed by atoms with E-state index in [9.17, 15) is 0 Å². The molecule has 0 unspecified atom stereocenters. The van der Waals surface area contributed by atoms with Crippen LogP contribution in [-0.2, 0) is 0 Å². The smallest absolute Gasteiger partial charge is 0.131 e. The van der Waals surface area contributed by atoms with Crippen LogP contribution in [0.2, 0.25) is 0 Å². The topological polar surface area (TPSA) is 13.1 Å². The lowest BCUT2D eigenvalue weighted by Gasteiger charge is -2.27. The van der Waals surface area contributed by atoms with Crippen molar-refractivity contribution < 1.29 is 0 Å². The first-order valence-corrected chi connectivity index (χ1v) is 15.4. The molecule has 2 heterocycles. The Morgan fingerprint density at radius 2 is 0.933 bits per heavy atom. The van der Waals surface area contributed by atoms with Crippen LogP contribution < -0.4 is 4.90 Å². The highest BCUT2D eigenvalue weighted by molar-refractivity contribution is 6.23. The van der Waals surface area contributed by atoms with Gasteiger partial charge in [0.15, 0.2) is 0 Å². The summed E-state index contributed by atoms with van der Waals surface area (Å²) in [7, 11) is 0. The number of fused-ring (bicyclic) bond motifs is 6. The minimum Gasteiger partial charge on any atom is -0.310 e. The molecule has 0 atom stereocenters. The quantitative estimate of drug-likeness (QED) is 0.199. The Kier molecular flexibility index (Phi) is 5.82. The third kappa shape index (κ3) is 3.98. The van der Waals surface area contributed by atoms with E-state index in [1.807, 2.05) is 0 Å². The summed E-state index contributed by atoms with van der Waals surface area (Å²) in [4.78, 5) is 2.39. The molecule has 0 amide bonds. The van der Waals surface area contributed by atoms with Gasteiger partial charge in [-0.3, -0.25) is 9.13 Å². The molecular weight excluding hydrogens is 546 g/mol. The van der Waals surface area contributed by atoms with Gasteiger partial charge in [0, 0.05) is 44.3 Å². The summed E-state index contributed by atoms with van der Waals surface area (Å²) < 4.78 is 4.85. The molecule has 45 heavy (non-hydrogen) atoms. The molecule has 0 radical (unpaired) electrons. The van der Waals surface area contributed by atoms with E-state index in [1.54, 1.807) is 0 Å². The summed E-state index contributed by atoms with van der Waals surface area (Å²) in [5, 5.41) is 6.18. The number of aromatic nitrogens is 2. The molecule has 3 heteroatoms. The number of hydrogen-bond acceptors (Lipinski definition) is 1. The highest BCUT2D eigenvalue weighted by Crippen LogP contribution is 2.44. The van der Waals surface area contributed by atoms with Crippen molar-refractivity contribution in [2.45, 2.75) is 0 Å². The predicted octanol–water partition coefficient (Wildman–Crippen LogP) is 11.4. The molecule has 9 rings (SSSR count). The van der Waals surface area contributed by atoms with Crippen LogP contribution in [0.15, 0.2) is 176 Å². The van der Waals surface area contributed by atoms with Gasteiger partial charge < -0.3 is 4.90 Å². The second-order valence-electron chi connectivity index (χ2n) is 11.4. The van der Waals surface area contributed by atoms with Crippen LogP contribution in [0.4, 0.5) is 17.1 Å². The molecule has 0 fully saturated rings. The van der Waals surface area contributed by atoms with Crippen LogP contribution in [0.25, 0.3) is 55.0 Å². The number of benzene rings is 7. The van der Waals surface area contributed by atoms with E-state index in [1.165, 1.54) is 38.0 Å². The maximum Gasteiger partial charge on any atom is 0.131 e. The fourth-order valence-electron chi connectivity index (χ4n) is 6.96. The van der Waals surface area contributed by atoms with E-state index in [0.29, 0.717) is 0 Å². The van der Waals surface area contributed by atoms with Crippen LogP contribution in [0, 0.1) is 0 Å². The lowest BCUT2D eigenvalue weighted by atomic mass is 10.1. The Balaban J connectivity index is 1.41. The Labute approximate surface area is 261 Å². The van der Waals surface area contributed by atoms with E-state index in [4.69, 9.17) is 0 Å². The number of rotatable bonds is 5. The minimum absolute atomic E-state index is 1.11. The van der Waals surface area contributed by atoms with E-state index in [-0.39, 0.29) is 0 Å². The van der Waals surface area contributed by atoms with E-state index in [2.05, 4.69) is 190 Å². The van der Waals surface area contributed by atoms with Gasteiger partial charge in [0.25, 0.3) is 0 Å². The maximum atomic E-state index is 2.44. The third-order valence-corrected chi connectivity index (χ3v) is 8.86. The van der Waals surface area contributed by atoms with Crippen molar-refractivity contribution in [3.05, 3.63) is 176 Å². The summed E-state index contributed by atoms with van der Waals surface area (Å²) in [5.74, 6) is 0. The second kappa shape index (κ2) is 10.3. The van der Waals surface area contributed by atoms with Crippen molar-refractivity contribution in [1.29, 1.82) is 0 Å². The molecule has 212 valence electrons. The Morgan fingerprint density at radius 1 is 0.378 bits per heavy atom. The number of nitrogens with zero attached hydrogens (tertiary/aromatic N) is 3. The van der Waals surface area contributed by atoms with Crippen molar-refractivity contribution >= 4 is 60.7 Å². The highest BCUT2D eigenvalue weighted by atomic mass is 15.2. The first kappa shape index (κ1) is 25.4. The van der Waals surface area contributed by atoms with E-state index < -0.39 is 0 Å². The summed E-state index contributed by atoms with van der Waals surface area (Å²) in [5.41, 5.74) is 9.19. The first-order valence-electron chi connectivity index (χ1n) is 15.4. The number of para-hydroxylation sites is 4. The van der Waals surface area contributed by atoms with Crippen LogP contribution in [0.3, 0.4) is 0 Å². The third-order valence-electron chi connectivity index (χ3n) is 8.86. The molecule has 0 aliphatic heterocycles. The average molecular weight is 576 g/mol. The molecule has 0 bridgehead atoms. The lowest BCUT2D eigenvalue weighted by molar-refractivity contribution is 1.07. The van der Waals surface area contributed by atoms with Gasteiger partial charge in [-0.05, 0) is 66.0 Å². The molecule has 3 nitrogen and oxygen atoms in total. The van der Waals surface area contributed by atoms with Gasteiger partial charge in [-0.25, -0.2) is 0 Å². The second-order valence-corrected chi connectivity index (χ2v) is 11.4. The summed E-state index contributed by atoms with van der Waals surface area (Å²) in [6.07, 6.45) is 0. The SMILES string of the molecule is c1ccc(N(c2ccc3c4c5ccccc5n(-c5ccccc5)c4n(-c4ccccc4)c3c2)c2cccc3ccccc23)cc1. The average Bonchev–Trinajstić information content (AvgIpc) is 3.62. The zero-order chi connectivity index (χ0) is 29.7. The van der Waals surface area contributed by atoms with E-state index >= 15 is 0 Å². The monoisotopic (exact) mass is 575 g/mol. The lowest BCUT2D eigenvalue weighted by Crippen LogP contribution is -2.10. The summed E-state index contributed by atoms with van der Waals surface area (Å²) in [6, 6.07) is 63.1. The summed E-state index contributed by atoms with van der Waals surface area (Å²) in [6.45, 7) is 0. The van der Waals surface area contributed by atoms with Gasteiger partial charge >= 0.3 is 0 Å². The van der Waals surface area contributed by atoms with Gasteiger partial charge in [0.05, 0.1) is 16.7 Å². The number of hydrogen-bond donors (Lipinski definition) is 0. The molecule has 9 aromatic rings. The van der Waals surface area contributed by atoms with Crippen LogP contribution >= 0.6 is 0 Å². The molecule has 0 N–H and O–H groups in total. The van der Waals surface area contributed by atoms with Crippen molar-refractivity contribution in [1.82, 2.24) is 9.13 Å². The zero-order valence-electron chi connectivity index (χ0n) is 24.6. The van der Waals surface area contributed by atoms with Gasteiger partial charge in [0.1, 0.15) is 5.65 Å². The minimum atomic E-state index is 1.11. The van der Waals surface area contributed by atoms with E-state index in [0.717, 1.165) is 34.1 Å². The Hall–Kier alpha value is -6.06. The van der Waals surface area contributed by atoms with Crippen molar-refractivity contribution in [3.63, 3.8) is 0 Å².